The average molecular weight is 533 g/mol. The number of aromatic nitrogens is 1. The average Bonchev–Trinajstić information content (AvgIpc) is 2.97. The van der Waals surface area contributed by atoms with Gasteiger partial charge < -0.3 is 25.7 Å². The fourth-order valence-electron chi connectivity index (χ4n) is 4.90. The van der Waals surface area contributed by atoms with Gasteiger partial charge in [0.2, 0.25) is 0 Å². The van der Waals surface area contributed by atoms with E-state index < -0.39 is 40.0 Å². The highest BCUT2D eigenvalue weighted by molar-refractivity contribution is 6.07. The highest BCUT2D eigenvalue weighted by atomic mass is 16.5. The van der Waals surface area contributed by atoms with Crippen LogP contribution in [0.1, 0.15) is 37.4 Å². The van der Waals surface area contributed by atoms with E-state index in [-0.39, 0.29) is 11.1 Å². The van der Waals surface area contributed by atoms with E-state index in [0.29, 0.717) is 5.75 Å². The summed E-state index contributed by atoms with van der Waals surface area (Å²) in [4.78, 5) is 38.5. The molecule has 1 aromatic heterocycles. The summed E-state index contributed by atoms with van der Waals surface area (Å²) >= 11 is 0. The highest BCUT2D eigenvalue weighted by Crippen LogP contribution is 2.41. The predicted molar refractivity (Wildman–Crippen MR) is 151 cm³/mol. The molecule has 0 amide bonds. The Hall–Kier alpha value is -5.63. The molecule has 0 aliphatic heterocycles. The summed E-state index contributed by atoms with van der Waals surface area (Å²) in [7, 11) is 0. The van der Waals surface area contributed by atoms with Crippen LogP contribution in [0.25, 0.3) is 11.1 Å². The number of aromatic carboxylic acids is 2. The van der Waals surface area contributed by atoms with Crippen molar-refractivity contribution in [2.45, 2.75) is 5.60 Å². The topological polar surface area (TPSA) is 143 Å². The van der Waals surface area contributed by atoms with E-state index in [0.717, 1.165) is 16.7 Å². The molecular weight excluding hydrogens is 508 g/mol. The van der Waals surface area contributed by atoms with Gasteiger partial charge in [-0.3, -0.25) is 4.79 Å². The van der Waals surface area contributed by atoms with Crippen LogP contribution >= 0.6 is 0 Å². The van der Waals surface area contributed by atoms with Crippen LogP contribution in [0.2, 0.25) is 0 Å². The van der Waals surface area contributed by atoms with Crippen molar-refractivity contribution in [3.05, 3.63) is 153 Å². The quantitative estimate of drug-likeness (QED) is 0.196. The molecule has 5 aromatic rings. The van der Waals surface area contributed by atoms with E-state index >= 15 is 0 Å². The molecule has 40 heavy (non-hydrogen) atoms. The number of benzene rings is 4. The number of carboxylic acids is 2. The van der Waals surface area contributed by atoms with E-state index in [2.05, 4.69) is 4.98 Å². The van der Waals surface area contributed by atoms with Crippen LogP contribution in [-0.2, 0) is 5.60 Å². The predicted octanol–water partition coefficient (Wildman–Crippen LogP) is 5.39. The first-order valence-corrected chi connectivity index (χ1v) is 12.3. The molecule has 5 N–H and O–H groups in total. The van der Waals surface area contributed by atoms with Gasteiger partial charge in [-0.05, 0) is 17.7 Å². The summed E-state index contributed by atoms with van der Waals surface area (Å²) in [6.07, 6.45) is 0. The number of H-pyrrole nitrogens is 1. The largest absolute Gasteiger partial charge is 0.478 e. The number of hydrogen-bond donors (Lipinski definition) is 4. The normalized spacial score (nSPS) is 11.1. The van der Waals surface area contributed by atoms with Gasteiger partial charge in [0, 0.05) is 22.3 Å². The van der Waals surface area contributed by atoms with Gasteiger partial charge in [-0.1, -0.05) is 103 Å². The fraction of sp³-hybridized carbons (Fsp3) is 0.0312. The lowest BCUT2D eigenvalue weighted by molar-refractivity contribution is 0.0695. The zero-order valence-electron chi connectivity index (χ0n) is 21.1. The second kappa shape index (κ2) is 10.6. The molecule has 198 valence electrons. The Kier molecular flexibility index (Phi) is 6.90. The summed E-state index contributed by atoms with van der Waals surface area (Å²) in [5.41, 5.74) is 5.03. The SMILES string of the molecule is Nc1[nH]c(=O)c(C(=O)O)c(-c2ccc(OC(c3ccccc3)(c3ccccc3)c3ccccc3)cc2)c1C(=O)O. The van der Waals surface area contributed by atoms with Crippen molar-refractivity contribution in [1.29, 1.82) is 0 Å². The molecule has 0 atom stereocenters. The number of aromatic amines is 1. The molecule has 8 heteroatoms. The molecule has 0 aliphatic carbocycles. The molecule has 4 aromatic carbocycles. The molecule has 0 saturated heterocycles. The summed E-state index contributed by atoms with van der Waals surface area (Å²) in [5.74, 6) is -3.06. The third-order valence-corrected chi connectivity index (χ3v) is 6.63. The number of nitrogen functional groups attached to an aromatic ring is 1. The fourth-order valence-corrected chi connectivity index (χ4v) is 4.90. The van der Waals surface area contributed by atoms with Gasteiger partial charge in [-0.15, -0.1) is 0 Å². The summed E-state index contributed by atoms with van der Waals surface area (Å²) in [6, 6.07) is 35.4. The molecule has 8 nitrogen and oxygen atoms in total. The minimum absolute atomic E-state index is 0.185. The zero-order valence-corrected chi connectivity index (χ0v) is 21.1. The maximum Gasteiger partial charge on any atom is 0.342 e. The Bertz CT molecular complexity index is 1640. The third kappa shape index (κ3) is 4.58. The van der Waals surface area contributed by atoms with E-state index in [1.807, 2.05) is 91.0 Å². The van der Waals surface area contributed by atoms with E-state index in [9.17, 15) is 24.6 Å². The van der Waals surface area contributed by atoms with Gasteiger partial charge in [0.15, 0.2) is 5.60 Å². The summed E-state index contributed by atoms with van der Waals surface area (Å²) in [5, 5.41) is 19.5. The van der Waals surface area contributed by atoms with Gasteiger partial charge in [-0.25, -0.2) is 9.59 Å². The molecule has 0 fully saturated rings. The Morgan fingerprint density at radius 3 is 1.48 bits per heavy atom. The van der Waals surface area contributed by atoms with Crippen LogP contribution in [0.15, 0.2) is 120 Å². The number of rotatable bonds is 8. The number of carboxylic acid groups (broad SMARTS) is 2. The number of ether oxygens (including phenoxy) is 1. The molecule has 0 aliphatic rings. The molecule has 1 heterocycles. The lowest BCUT2D eigenvalue weighted by Crippen LogP contribution is -2.36. The molecule has 0 unspecified atom stereocenters. The Morgan fingerprint density at radius 1 is 0.650 bits per heavy atom. The van der Waals surface area contributed by atoms with Crippen LogP contribution < -0.4 is 16.0 Å². The van der Waals surface area contributed by atoms with Crippen LogP contribution in [0.4, 0.5) is 5.82 Å². The van der Waals surface area contributed by atoms with Gasteiger partial charge in [0.25, 0.3) is 5.56 Å². The molecule has 0 bridgehead atoms. The van der Waals surface area contributed by atoms with Crippen molar-refractivity contribution in [3.63, 3.8) is 0 Å². The maximum atomic E-state index is 12.4. The number of nitrogens with one attached hydrogen (secondary N) is 1. The first-order chi connectivity index (χ1) is 19.3. The number of anilines is 1. The van der Waals surface area contributed by atoms with Crippen molar-refractivity contribution in [2.24, 2.45) is 0 Å². The summed E-state index contributed by atoms with van der Waals surface area (Å²) in [6.45, 7) is 0. The minimum Gasteiger partial charge on any atom is -0.478 e. The Labute approximate surface area is 229 Å². The van der Waals surface area contributed by atoms with Crippen molar-refractivity contribution in [3.8, 4) is 16.9 Å². The summed E-state index contributed by atoms with van der Waals surface area (Å²) < 4.78 is 6.83. The first kappa shape index (κ1) is 26.0. The van der Waals surface area contributed by atoms with E-state index in [4.69, 9.17) is 10.5 Å². The molecule has 0 radical (unpaired) electrons. The van der Waals surface area contributed by atoms with Crippen molar-refractivity contribution >= 4 is 17.8 Å². The van der Waals surface area contributed by atoms with Gasteiger partial charge in [-0.2, -0.15) is 0 Å². The maximum absolute atomic E-state index is 12.4. The number of nitrogens with two attached hydrogens (primary N) is 1. The van der Waals surface area contributed by atoms with Crippen LogP contribution in [0.5, 0.6) is 5.75 Å². The molecule has 5 rings (SSSR count). The second-order valence-corrected chi connectivity index (χ2v) is 9.01. The lowest BCUT2D eigenvalue weighted by Gasteiger charge is -2.36. The van der Waals surface area contributed by atoms with Crippen LogP contribution in [0.3, 0.4) is 0 Å². The zero-order chi connectivity index (χ0) is 28.3. The first-order valence-electron chi connectivity index (χ1n) is 12.3. The van der Waals surface area contributed by atoms with Crippen LogP contribution in [-0.4, -0.2) is 27.1 Å². The van der Waals surface area contributed by atoms with E-state index in [1.54, 1.807) is 12.1 Å². The van der Waals surface area contributed by atoms with Gasteiger partial charge in [0.05, 0.1) is 0 Å². The van der Waals surface area contributed by atoms with Gasteiger partial charge in [0.1, 0.15) is 22.7 Å². The molecular formula is C32H24N2O6. The smallest absolute Gasteiger partial charge is 0.342 e. The Morgan fingerprint density at radius 2 is 1.07 bits per heavy atom. The Balaban J connectivity index is 1.69. The van der Waals surface area contributed by atoms with Crippen molar-refractivity contribution in [2.75, 3.05) is 5.73 Å². The lowest BCUT2D eigenvalue weighted by atomic mass is 9.80. The monoisotopic (exact) mass is 532 g/mol. The number of carbonyl (C=O) groups is 2. The third-order valence-electron chi connectivity index (χ3n) is 6.63. The number of pyridine rings is 1. The molecule has 0 spiro atoms. The van der Waals surface area contributed by atoms with Crippen molar-refractivity contribution < 1.29 is 24.5 Å². The standard InChI is InChI=1S/C32H24N2O6/c33-28-26(30(36)37)25(27(31(38)39)29(35)34-28)20-16-18-24(19-17-20)40-32(21-10-4-1-5-11-21,22-12-6-2-7-13-22)23-14-8-3-9-15-23/h1-19H,(H,36,37)(H,38,39)(H3,33,34,35). The van der Waals surface area contributed by atoms with E-state index in [1.165, 1.54) is 12.1 Å². The highest BCUT2D eigenvalue weighted by Gasteiger charge is 2.39. The minimum atomic E-state index is -1.57. The van der Waals surface area contributed by atoms with Crippen molar-refractivity contribution in [1.82, 2.24) is 4.98 Å². The second-order valence-electron chi connectivity index (χ2n) is 9.01. The molecule has 0 saturated carbocycles. The number of hydrogen-bond acceptors (Lipinski definition) is 5. The van der Waals surface area contributed by atoms with Crippen LogP contribution in [0, 0.1) is 0 Å². The van der Waals surface area contributed by atoms with Gasteiger partial charge >= 0.3 is 11.9 Å².